The Bertz CT molecular complexity index is 592. The Labute approximate surface area is 135 Å². The minimum absolute atomic E-state index is 0.213. The zero-order chi connectivity index (χ0) is 17.0. The average molecular weight is 318 g/mol. The summed E-state index contributed by atoms with van der Waals surface area (Å²) in [4.78, 5) is 37.5. The lowest BCUT2D eigenvalue weighted by Gasteiger charge is -2.31. The normalized spacial score (nSPS) is 18.7. The number of hydrogen-bond acceptors (Lipinski definition) is 4. The number of nitrogens with one attached hydrogen (secondary N) is 1. The van der Waals surface area contributed by atoms with Gasteiger partial charge in [0.1, 0.15) is 11.6 Å². The largest absolute Gasteiger partial charge is 0.444 e. The van der Waals surface area contributed by atoms with Crippen LogP contribution < -0.4 is 5.32 Å². The number of rotatable bonds is 3. The molecule has 1 aliphatic rings. The zero-order valence-corrected chi connectivity index (χ0v) is 13.7. The van der Waals surface area contributed by atoms with Crippen molar-refractivity contribution in [1.82, 2.24) is 10.2 Å². The molecule has 0 unspecified atom stereocenters. The molecule has 2 rings (SSSR count). The van der Waals surface area contributed by atoms with Gasteiger partial charge in [-0.1, -0.05) is 30.3 Å². The molecule has 1 aromatic rings. The van der Waals surface area contributed by atoms with Crippen LogP contribution in [-0.4, -0.2) is 34.5 Å². The van der Waals surface area contributed by atoms with E-state index < -0.39 is 23.6 Å². The van der Waals surface area contributed by atoms with Crippen LogP contribution in [0.1, 0.15) is 39.2 Å². The molecule has 0 bridgehead atoms. The fourth-order valence-electron chi connectivity index (χ4n) is 2.35. The maximum absolute atomic E-state index is 12.5. The second-order valence-corrected chi connectivity index (χ2v) is 6.54. The number of piperidine rings is 1. The molecular formula is C17H22N2O4. The number of amides is 3. The van der Waals surface area contributed by atoms with E-state index in [0.717, 1.165) is 5.56 Å². The topological polar surface area (TPSA) is 75.7 Å². The van der Waals surface area contributed by atoms with E-state index in [9.17, 15) is 14.4 Å². The molecule has 0 radical (unpaired) electrons. The summed E-state index contributed by atoms with van der Waals surface area (Å²) in [6.45, 7) is 5.46. The van der Waals surface area contributed by atoms with Crippen molar-refractivity contribution in [2.45, 2.75) is 51.8 Å². The summed E-state index contributed by atoms with van der Waals surface area (Å²) in [5.41, 5.74) is 0.230. The number of carbonyl (C=O) groups excluding carboxylic acids is 3. The Morgan fingerprint density at radius 3 is 2.52 bits per heavy atom. The van der Waals surface area contributed by atoms with Crippen molar-refractivity contribution in [2.24, 2.45) is 0 Å². The van der Waals surface area contributed by atoms with Crippen molar-refractivity contribution in [3.8, 4) is 0 Å². The molecule has 1 fully saturated rings. The number of imide groups is 1. The lowest BCUT2D eigenvalue weighted by molar-refractivity contribution is -0.150. The highest BCUT2D eigenvalue weighted by Crippen LogP contribution is 2.17. The number of alkyl carbamates (subject to hydrolysis) is 1. The molecule has 0 spiro atoms. The molecule has 1 aliphatic heterocycles. The van der Waals surface area contributed by atoms with Crippen LogP contribution in [0.15, 0.2) is 30.3 Å². The molecule has 0 saturated carbocycles. The first-order valence-electron chi connectivity index (χ1n) is 7.64. The van der Waals surface area contributed by atoms with Gasteiger partial charge in [0.2, 0.25) is 5.91 Å². The van der Waals surface area contributed by atoms with E-state index in [1.165, 1.54) is 4.90 Å². The molecule has 1 N–H and O–H groups in total. The Kier molecular flexibility index (Phi) is 5.03. The average Bonchev–Trinajstić information content (AvgIpc) is 2.46. The van der Waals surface area contributed by atoms with Gasteiger partial charge in [0, 0.05) is 6.42 Å². The van der Waals surface area contributed by atoms with Crippen LogP contribution in [0.5, 0.6) is 0 Å². The van der Waals surface area contributed by atoms with Crippen molar-refractivity contribution in [3.63, 3.8) is 0 Å². The summed E-state index contributed by atoms with van der Waals surface area (Å²) in [5, 5.41) is 2.56. The van der Waals surface area contributed by atoms with Gasteiger partial charge in [0.15, 0.2) is 0 Å². The van der Waals surface area contributed by atoms with Crippen molar-refractivity contribution in [2.75, 3.05) is 0 Å². The minimum atomic E-state index is -0.730. The quantitative estimate of drug-likeness (QED) is 0.867. The number of benzene rings is 1. The highest BCUT2D eigenvalue weighted by Gasteiger charge is 2.35. The smallest absolute Gasteiger partial charge is 0.408 e. The van der Waals surface area contributed by atoms with Crippen LogP contribution in [0.3, 0.4) is 0 Å². The van der Waals surface area contributed by atoms with Gasteiger partial charge >= 0.3 is 6.09 Å². The monoisotopic (exact) mass is 318 g/mol. The van der Waals surface area contributed by atoms with Crippen LogP contribution >= 0.6 is 0 Å². The van der Waals surface area contributed by atoms with Crippen LogP contribution in [-0.2, 0) is 20.9 Å². The molecule has 6 heteroatoms. The molecule has 0 aromatic heterocycles. The molecule has 0 aliphatic carbocycles. The van der Waals surface area contributed by atoms with E-state index in [0.29, 0.717) is 6.42 Å². The van der Waals surface area contributed by atoms with Gasteiger partial charge in [-0.15, -0.1) is 0 Å². The van der Waals surface area contributed by atoms with Gasteiger partial charge in [-0.25, -0.2) is 4.79 Å². The predicted octanol–water partition coefficient (Wildman–Crippen LogP) is 2.23. The van der Waals surface area contributed by atoms with E-state index in [1.54, 1.807) is 20.8 Å². The Balaban J connectivity index is 2.02. The first kappa shape index (κ1) is 17.0. The Morgan fingerprint density at radius 2 is 1.91 bits per heavy atom. The molecular weight excluding hydrogens is 296 g/mol. The van der Waals surface area contributed by atoms with Crippen LogP contribution in [0.4, 0.5) is 4.79 Å². The summed E-state index contributed by atoms with van der Waals surface area (Å²) in [7, 11) is 0. The van der Waals surface area contributed by atoms with Gasteiger partial charge in [-0.2, -0.15) is 0 Å². The van der Waals surface area contributed by atoms with E-state index in [-0.39, 0.29) is 18.9 Å². The van der Waals surface area contributed by atoms with E-state index in [4.69, 9.17) is 4.74 Å². The first-order chi connectivity index (χ1) is 10.8. The second kappa shape index (κ2) is 6.81. The van der Waals surface area contributed by atoms with Gasteiger partial charge in [-0.3, -0.25) is 14.5 Å². The van der Waals surface area contributed by atoms with Gasteiger partial charge in [-0.05, 0) is 32.8 Å². The highest BCUT2D eigenvalue weighted by molar-refractivity contribution is 6.01. The molecule has 23 heavy (non-hydrogen) atoms. The molecule has 1 saturated heterocycles. The number of ether oxygens (including phenoxy) is 1. The zero-order valence-electron chi connectivity index (χ0n) is 13.7. The number of likely N-dealkylation sites (tertiary alicyclic amines) is 1. The number of hydrogen-bond donors (Lipinski definition) is 1. The maximum atomic E-state index is 12.5. The summed E-state index contributed by atoms with van der Waals surface area (Å²) in [6, 6.07) is 8.55. The summed E-state index contributed by atoms with van der Waals surface area (Å²) in [5.74, 6) is -0.614. The minimum Gasteiger partial charge on any atom is -0.444 e. The van der Waals surface area contributed by atoms with Crippen molar-refractivity contribution in [3.05, 3.63) is 35.9 Å². The van der Waals surface area contributed by atoms with Gasteiger partial charge in [0.05, 0.1) is 6.54 Å². The fraction of sp³-hybridized carbons (Fsp3) is 0.471. The highest BCUT2D eigenvalue weighted by atomic mass is 16.6. The SMILES string of the molecule is CC(C)(C)OC(=O)N[C@H]1CCC(=O)N(Cc2ccccc2)C1=O. The van der Waals surface area contributed by atoms with Gasteiger partial charge < -0.3 is 10.1 Å². The standard InChI is InChI=1S/C17H22N2O4/c1-17(2,3)23-16(22)18-13-9-10-14(20)19(15(13)21)11-12-7-5-4-6-8-12/h4-8,13H,9-11H2,1-3H3,(H,18,22)/t13-/m0/s1. The predicted molar refractivity (Wildman–Crippen MR) is 84.4 cm³/mol. The third-order valence-electron chi connectivity index (χ3n) is 3.39. The van der Waals surface area contributed by atoms with Gasteiger partial charge in [0.25, 0.3) is 5.91 Å². The summed E-state index contributed by atoms with van der Waals surface area (Å²) in [6.07, 6.45) is -0.133. The third-order valence-corrected chi connectivity index (χ3v) is 3.39. The Morgan fingerprint density at radius 1 is 1.26 bits per heavy atom. The lowest BCUT2D eigenvalue weighted by Crippen LogP contribution is -2.54. The molecule has 6 nitrogen and oxygen atoms in total. The van der Waals surface area contributed by atoms with Crippen LogP contribution in [0.25, 0.3) is 0 Å². The van der Waals surface area contributed by atoms with E-state index in [1.807, 2.05) is 30.3 Å². The molecule has 124 valence electrons. The van der Waals surface area contributed by atoms with Crippen molar-refractivity contribution >= 4 is 17.9 Å². The Hall–Kier alpha value is -2.37. The van der Waals surface area contributed by atoms with Crippen LogP contribution in [0, 0.1) is 0 Å². The number of nitrogens with zero attached hydrogens (tertiary/aromatic N) is 1. The summed E-state index contributed by atoms with van der Waals surface area (Å²) < 4.78 is 5.16. The molecule has 1 heterocycles. The summed E-state index contributed by atoms with van der Waals surface area (Å²) >= 11 is 0. The molecule has 3 amide bonds. The van der Waals surface area contributed by atoms with E-state index in [2.05, 4.69) is 5.32 Å². The van der Waals surface area contributed by atoms with Crippen LogP contribution in [0.2, 0.25) is 0 Å². The maximum Gasteiger partial charge on any atom is 0.408 e. The third kappa shape index (κ3) is 4.81. The molecule has 1 atom stereocenters. The van der Waals surface area contributed by atoms with Crippen molar-refractivity contribution < 1.29 is 19.1 Å². The number of carbonyl (C=O) groups is 3. The lowest BCUT2D eigenvalue weighted by atomic mass is 10.0. The molecule has 1 aromatic carbocycles. The van der Waals surface area contributed by atoms with Crippen molar-refractivity contribution in [1.29, 1.82) is 0 Å². The first-order valence-corrected chi connectivity index (χ1v) is 7.64. The second-order valence-electron chi connectivity index (χ2n) is 6.54. The van der Waals surface area contributed by atoms with E-state index >= 15 is 0 Å². The fourth-order valence-corrected chi connectivity index (χ4v) is 2.35.